The van der Waals surface area contributed by atoms with Gasteiger partial charge in [0.2, 0.25) is 0 Å². The smallest absolute Gasteiger partial charge is 0.0704 e. The molecule has 1 unspecified atom stereocenters. The predicted octanol–water partition coefficient (Wildman–Crippen LogP) is 1.90. The molecule has 0 aromatic rings. The van der Waals surface area contributed by atoms with Gasteiger partial charge in [0.15, 0.2) is 0 Å². The summed E-state index contributed by atoms with van der Waals surface area (Å²) in [6, 6.07) is 0. The van der Waals surface area contributed by atoms with Gasteiger partial charge in [0.25, 0.3) is 0 Å². The van der Waals surface area contributed by atoms with Crippen molar-refractivity contribution in [2.75, 3.05) is 26.4 Å². The Hall–Kier alpha value is -0.380. The molecule has 3 heteroatoms. The molecular formula is C12H22O3. The second kappa shape index (κ2) is 8.89. The third kappa shape index (κ3) is 6.66. The highest BCUT2D eigenvalue weighted by atomic mass is 16.5. The molecule has 0 fully saturated rings. The second-order valence-electron chi connectivity index (χ2n) is 3.81. The maximum atomic E-state index is 8.51. The third-order valence-electron chi connectivity index (χ3n) is 2.54. The molecule has 0 aromatic heterocycles. The van der Waals surface area contributed by atoms with Gasteiger partial charge in [-0.3, -0.25) is 0 Å². The Labute approximate surface area is 92.1 Å². The van der Waals surface area contributed by atoms with Gasteiger partial charge in [0, 0.05) is 0 Å². The molecule has 0 amide bonds. The van der Waals surface area contributed by atoms with Gasteiger partial charge in [0.1, 0.15) is 0 Å². The monoisotopic (exact) mass is 214 g/mol. The average Bonchev–Trinajstić information content (AvgIpc) is 2.20. The summed E-state index contributed by atoms with van der Waals surface area (Å²) in [6.45, 7) is 1.74. The summed E-state index contributed by atoms with van der Waals surface area (Å²) < 4.78 is 10.9. The SMILES string of the molecule is OCCOCCOC1CC/C=C\CCC1. The zero-order valence-electron chi connectivity index (χ0n) is 9.36. The van der Waals surface area contributed by atoms with E-state index in [1.807, 2.05) is 0 Å². The summed E-state index contributed by atoms with van der Waals surface area (Å²) >= 11 is 0. The number of aliphatic hydroxyl groups is 1. The lowest BCUT2D eigenvalue weighted by Gasteiger charge is -2.18. The number of allylic oxidation sites excluding steroid dienone is 2. The highest BCUT2D eigenvalue weighted by Gasteiger charge is 2.08. The van der Waals surface area contributed by atoms with Crippen molar-refractivity contribution in [3.05, 3.63) is 12.2 Å². The van der Waals surface area contributed by atoms with Crippen molar-refractivity contribution < 1.29 is 14.6 Å². The molecule has 0 aromatic carbocycles. The van der Waals surface area contributed by atoms with E-state index in [-0.39, 0.29) is 6.61 Å². The summed E-state index contributed by atoms with van der Waals surface area (Å²) in [5.41, 5.74) is 0. The van der Waals surface area contributed by atoms with E-state index in [1.165, 1.54) is 12.8 Å². The molecule has 88 valence electrons. The van der Waals surface area contributed by atoms with Crippen LogP contribution in [-0.4, -0.2) is 37.6 Å². The minimum atomic E-state index is 0.0915. The summed E-state index contributed by atoms with van der Waals surface area (Å²) in [4.78, 5) is 0. The Balaban J connectivity index is 2.01. The minimum Gasteiger partial charge on any atom is -0.394 e. The van der Waals surface area contributed by atoms with Crippen molar-refractivity contribution in [1.82, 2.24) is 0 Å². The molecule has 0 bridgehead atoms. The van der Waals surface area contributed by atoms with Gasteiger partial charge < -0.3 is 14.6 Å². The number of hydrogen-bond acceptors (Lipinski definition) is 3. The van der Waals surface area contributed by atoms with Gasteiger partial charge >= 0.3 is 0 Å². The van der Waals surface area contributed by atoms with Crippen LogP contribution in [0, 0.1) is 0 Å². The maximum absolute atomic E-state index is 8.51. The first-order valence-electron chi connectivity index (χ1n) is 5.88. The van der Waals surface area contributed by atoms with Crippen LogP contribution in [0.5, 0.6) is 0 Å². The van der Waals surface area contributed by atoms with Gasteiger partial charge in [-0.15, -0.1) is 0 Å². The van der Waals surface area contributed by atoms with Gasteiger partial charge in [-0.1, -0.05) is 12.2 Å². The molecule has 0 aliphatic heterocycles. The van der Waals surface area contributed by atoms with Gasteiger partial charge in [-0.2, -0.15) is 0 Å². The highest BCUT2D eigenvalue weighted by molar-refractivity contribution is 4.85. The molecule has 1 N–H and O–H groups in total. The Bertz CT molecular complexity index is 168. The van der Waals surface area contributed by atoms with Crippen LogP contribution in [0.2, 0.25) is 0 Å². The van der Waals surface area contributed by atoms with Crippen molar-refractivity contribution in [2.45, 2.75) is 38.2 Å². The molecule has 1 aliphatic rings. The third-order valence-corrected chi connectivity index (χ3v) is 2.54. The molecule has 1 atom stereocenters. The van der Waals surface area contributed by atoms with E-state index >= 15 is 0 Å². The topological polar surface area (TPSA) is 38.7 Å². The first-order valence-corrected chi connectivity index (χ1v) is 5.88. The van der Waals surface area contributed by atoms with Crippen molar-refractivity contribution in [1.29, 1.82) is 0 Å². The van der Waals surface area contributed by atoms with Crippen LogP contribution >= 0.6 is 0 Å². The Morgan fingerprint density at radius 1 is 1.07 bits per heavy atom. The zero-order valence-corrected chi connectivity index (χ0v) is 9.36. The fourth-order valence-electron chi connectivity index (χ4n) is 1.73. The van der Waals surface area contributed by atoms with Gasteiger partial charge in [-0.25, -0.2) is 0 Å². The molecule has 0 saturated heterocycles. The van der Waals surface area contributed by atoms with E-state index in [1.54, 1.807) is 0 Å². The van der Waals surface area contributed by atoms with Crippen LogP contribution in [0.3, 0.4) is 0 Å². The van der Waals surface area contributed by atoms with Crippen LogP contribution in [0.1, 0.15) is 32.1 Å². The molecule has 0 saturated carbocycles. The standard InChI is InChI=1S/C12H22O3/c13-8-9-14-10-11-15-12-6-4-2-1-3-5-7-12/h1-2,12-13H,3-11H2/b2-1-. The Morgan fingerprint density at radius 3 is 2.80 bits per heavy atom. The fraction of sp³-hybridized carbons (Fsp3) is 0.833. The lowest BCUT2D eigenvalue weighted by molar-refractivity contribution is -0.00885. The van der Waals surface area contributed by atoms with Crippen LogP contribution in [0.15, 0.2) is 12.2 Å². The van der Waals surface area contributed by atoms with E-state index in [2.05, 4.69) is 12.2 Å². The van der Waals surface area contributed by atoms with Crippen molar-refractivity contribution in [3.63, 3.8) is 0 Å². The van der Waals surface area contributed by atoms with Crippen LogP contribution in [-0.2, 0) is 9.47 Å². The molecule has 1 rings (SSSR count). The van der Waals surface area contributed by atoms with Gasteiger partial charge in [0.05, 0.1) is 32.5 Å². The molecule has 0 spiro atoms. The van der Waals surface area contributed by atoms with Crippen LogP contribution in [0.4, 0.5) is 0 Å². The van der Waals surface area contributed by atoms with Gasteiger partial charge in [-0.05, 0) is 32.1 Å². The lowest BCUT2D eigenvalue weighted by atomic mass is 10.0. The van der Waals surface area contributed by atoms with Crippen LogP contribution < -0.4 is 0 Å². The summed E-state index contributed by atoms with van der Waals surface area (Å²) in [6.07, 6.45) is 10.7. The lowest BCUT2D eigenvalue weighted by Crippen LogP contribution is -2.17. The molecule has 0 radical (unpaired) electrons. The molecular weight excluding hydrogens is 192 g/mol. The van der Waals surface area contributed by atoms with Crippen molar-refractivity contribution in [3.8, 4) is 0 Å². The number of aliphatic hydroxyl groups excluding tert-OH is 1. The maximum Gasteiger partial charge on any atom is 0.0704 e. The van der Waals surface area contributed by atoms with E-state index in [9.17, 15) is 0 Å². The Morgan fingerprint density at radius 2 is 1.93 bits per heavy atom. The van der Waals surface area contributed by atoms with E-state index in [0.717, 1.165) is 19.3 Å². The first kappa shape index (κ1) is 12.7. The van der Waals surface area contributed by atoms with E-state index < -0.39 is 0 Å². The number of ether oxygens (including phenoxy) is 2. The summed E-state index contributed by atoms with van der Waals surface area (Å²) in [5, 5.41) is 8.51. The number of hydrogen-bond donors (Lipinski definition) is 1. The highest BCUT2D eigenvalue weighted by Crippen LogP contribution is 2.15. The molecule has 1 aliphatic carbocycles. The fourth-order valence-corrected chi connectivity index (χ4v) is 1.73. The quantitative estimate of drug-likeness (QED) is 0.542. The van der Waals surface area contributed by atoms with Crippen molar-refractivity contribution >= 4 is 0 Å². The number of rotatable bonds is 6. The van der Waals surface area contributed by atoms with Crippen LogP contribution in [0.25, 0.3) is 0 Å². The Kier molecular flexibility index (Phi) is 7.52. The zero-order chi connectivity index (χ0) is 10.8. The minimum absolute atomic E-state index is 0.0915. The molecule has 3 nitrogen and oxygen atoms in total. The largest absolute Gasteiger partial charge is 0.394 e. The van der Waals surface area contributed by atoms with Crippen molar-refractivity contribution in [2.24, 2.45) is 0 Å². The normalized spacial score (nSPS) is 24.5. The summed E-state index contributed by atoms with van der Waals surface area (Å²) in [7, 11) is 0. The average molecular weight is 214 g/mol. The van der Waals surface area contributed by atoms with E-state index in [0.29, 0.717) is 25.9 Å². The molecule has 0 heterocycles. The van der Waals surface area contributed by atoms with E-state index in [4.69, 9.17) is 14.6 Å². The second-order valence-corrected chi connectivity index (χ2v) is 3.81. The molecule has 15 heavy (non-hydrogen) atoms. The summed E-state index contributed by atoms with van der Waals surface area (Å²) in [5.74, 6) is 0. The first-order chi connectivity index (χ1) is 7.43. The predicted molar refractivity (Wildman–Crippen MR) is 59.9 cm³/mol.